The molecule has 0 aliphatic carbocycles. The Balaban J connectivity index is 2.47. The molecule has 7 heteroatoms. The van der Waals surface area contributed by atoms with Crippen LogP contribution in [0.1, 0.15) is 0 Å². The summed E-state index contributed by atoms with van der Waals surface area (Å²) in [6.45, 7) is 0.675. The molecule has 1 aromatic carbocycles. The molecule has 0 unspecified atom stereocenters. The van der Waals surface area contributed by atoms with Crippen molar-refractivity contribution >= 4 is 56.2 Å². The average molecular weight is 397 g/mol. The Hall–Kier alpha value is -1.61. The quantitative estimate of drug-likeness (QED) is 0.660. The second-order valence-electron chi connectivity index (χ2n) is 5.05. The Morgan fingerprint density at radius 3 is 2.81 bits per heavy atom. The number of fused-ring (bicyclic) bond motifs is 3. The molecule has 0 radical (unpaired) electrons. The Morgan fingerprint density at radius 1 is 1.38 bits per heavy atom. The van der Waals surface area contributed by atoms with Crippen LogP contribution in [0.25, 0.3) is 21.8 Å². The van der Waals surface area contributed by atoms with Crippen LogP contribution in [0.5, 0.6) is 0 Å². The van der Waals surface area contributed by atoms with Crippen molar-refractivity contribution in [2.45, 2.75) is 6.54 Å². The molecule has 3 aromatic rings. The van der Waals surface area contributed by atoms with E-state index in [-0.39, 0.29) is 12.6 Å². The number of hydrogen-bond acceptors (Lipinski definition) is 5. The van der Waals surface area contributed by atoms with Crippen LogP contribution in [0.15, 0.2) is 18.3 Å². The van der Waals surface area contributed by atoms with Crippen molar-refractivity contribution in [2.24, 2.45) is 0 Å². The number of anilines is 2. The zero-order valence-electron chi connectivity index (χ0n) is 11.8. The van der Waals surface area contributed by atoms with Crippen LogP contribution >= 0.6 is 22.6 Å². The van der Waals surface area contributed by atoms with Crippen molar-refractivity contribution in [1.82, 2.24) is 14.5 Å². The highest BCUT2D eigenvalue weighted by molar-refractivity contribution is 14.1. The maximum Gasteiger partial charge on any atom is 0.222 e. The minimum Gasteiger partial charge on any atom is -0.395 e. The molecule has 0 spiro atoms. The van der Waals surface area contributed by atoms with Crippen LogP contribution < -0.4 is 10.6 Å². The van der Waals surface area contributed by atoms with Gasteiger partial charge in [0.05, 0.1) is 23.0 Å². The Kier molecular flexibility index (Phi) is 3.62. The van der Waals surface area contributed by atoms with Gasteiger partial charge in [-0.1, -0.05) is 0 Å². The van der Waals surface area contributed by atoms with Crippen molar-refractivity contribution in [3.8, 4) is 0 Å². The first-order chi connectivity index (χ1) is 10.0. The van der Waals surface area contributed by atoms with Crippen LogP contribution in [0.2, 0.25) is 0 Å². The van der Waals surface area contributed by atoms with Gasteiger partial charge >= 0.3 is 0 Å². The van der Waals surface area contributed by atoms with Crippen molar-refractivity contribution < 1.29 is 5.11 Å². The van der Waals surface area contributed by atoms with Crippen molar-refractivity contribution in [1.29, 1.82) is 0 Å². The molecule has 0 bridgehead atoms. The van der Waals surface area contributed by atoms with Gasteiger partial charge in [-0.15, -0.1) is 0 Å². The van der Waals surface area contributed by atoms with Crippen LogP contribution in [-0.4, -0.2) is 40.3 Å². The molecule has 21 heavy (non-hydrogen) atoms. The zero-order chi connectivity index (χ0) is 15.1. The summed E-state index contributed by atoms with van der Waals surface area (Å²) < 4.78 is 3.13. The third-order valence-electron chi connectivity index (χ3n) is 3.42. The number of hydrogen-bond donors (Lipinski definition) is 2. The van der Waals surface area contributed by atoms with Gasteiger partial charge < -0.3 is 20.3 Å². The van der Waals surface area contributed by atoms with E-state index in [1.165, 1.54) is 0 Å². The molecular weight excluding hydrogens is 381 g/mol. The summed E-state index contributed by atoms with van der Waals surface area (Å²) in [7, 11) is 3.88. The van der Waals surface area contributed by atoms with E-state index in [4.69, 9.17) is 5.73 Å². The summed E-state index contributed by atoms with van der Waals surface area (Å²) >= 11 is 2.29. The molecule has 0 atom stereocenters. The molecule has 3 N–H and O–H groups in total. The molecule has 110 valence electrons. The molecule has 0 fully saturated rings. The van der Waals surface area contributed by atoms with E-state index in [1.807, 2.05) is 41.9 Å². The van der Waals surface area contributed by atoms with Gasteiger partial charge in [0.2, 0.25) is 5.95 Å². The molecule has 6 nitrogen and oxygen atoms in total. The monoisotopic (exact) mass is 397 g/mol. The molecule has 0 saturated carbocycles. The number of aliphatic hydroxyl groups excluding tert-OH is 1. The lowest BCUT2D eigenvalue weighted by molar-refractivity contribution is 0.278. The Morgan fingerprint density at radius 2 is 2.14 bits per heavy atom. The number of nitrogens with zero attached hydrogens (tertiary/aromatic N) is 4. The highest BCUT2D eigenvalue weighted by Gasteiger charge is 2.16. The summed E-state index contributed by atoms with van der Waals surface area (Å²) in [6.07, 6.45) is 1.98. The summed E-state index contributed by atoms with van der Waals surface area (Å²) in [4.78, 5) is 10.7. The maximum atomic E-state index is 9.21. The van der Waals surface area contributed by atoms with Gasteiger partial charge in [-0.05, 0) is 34.7 Å². The van der Waals surface area contributed by atoms with E-state index in [2.05, 4.69) is 32.6 Å². The van der Waals surface area contributed by atoms with Crippen LogP contribution in [-0.2, 0) is 6.54 Å². The van der Waals surface area contributed by atoms with Crippen molar-refractivity contribution in [3.63, 3.8) is 0 Å². The van der Waals surface area contributed by atoms with Crippen LogP contribution in [0.4, 0.5) is 11.8 Å². The molecular formula is C14H16IN5O. The molecule has 0 aliphatic heterocycles. The van der Waals surface area contributed by atoms with E-state index < -0.39 is 0 Å². The number of aromatic nitrogens is 3. The predicted octanol–water partition coefficient (Wildman–Crippen LogP) is 1.83. The van der Waals surface area contributed by atoms with Gasteiger partial charge in [0.25, 0.3) is 0 Å². The maximum absolute atomic E-state index is 9.21. The van der Waals surface area contributed by atoms with Crippen molar-refractivity contribution in [2.75, 3.05) is 31.3 Å². The van der Waals surface area contributed by atoms with Gasteiger partial charge in [-0.25, -0.2) is 4.98 Å². The number of rotatable bonds is 3. The van der Waals surface area contributed by atoms with E-state index in [9.17, 15) is 5.11 Å². The lowest BCUT2D eigenvalue weighted by atomic mass is 10.1. The third kappa shape index (κ3) is 2.30. The lowest BCUT2D eigenvalue weighted by Crippen LogP contribution is -2.13. The molecule has 2 heterocycles. The van der Waals surface area contributed by atoms with Gasteiger partial charge in [0, 0.05) is 35.8 Å². The molecule has 2 aromatic heterocycles. The number of nitrogen functional groups attached to an aromatic ring is 1. The fraction of sp³-hybridized carbons (Fsp3) is 0.286. The second-order valence-corrected chi connectivity index (χ2v) is 6.21. The van der Waals surface area contributed by atoms with Gasteiger partial charge in [-0.3, -0.25) is 0 Å². The van der Waals surface area contributed by atoms with E-state index in [1.54, 1.807) is 0 Å². The lowest BCUT2D eigenvalue weighted by Gasteiger charge is -2.16. The summed E-state index contributed by atoms with van der Waals surface area (Å²) in [5.41, 5.74) is 7.75. The first-order valence-electron chi connectivity index (χ1n) is 6.55. The van der Waals surface area contributed by atoms with E-state index in [0.29, 0.717) is 6.54 Å². The van der Waals surface area contributed by atoms with Gasteiger partial charge in [-0.2, -0.15) is 4.98 Å². The normalized spacial score (nSPS) is 11.4. The van der Waals surface area contributed by atoms with Crippen LogP contribution in [0.3, 0.4) is 0 Å². The van der Waals surface area contributed by atoms with Gasteiger partial charge in [0.1, 0.15) is 5.82 Å². The number of nitrogens with two attached hydrogens (primary N) is 1. The van der Waals surface area contributed by atoms with Gasteiger partial charge in [0.15, 0.2) is 0 Å². The summed E-state index contributed by atoms with van der Waals surface area (Å²) in [6, 6.07) is 4.05. The Bertz CT molecular complexity index is 827. The molecule has 0 aliphatic rings. The number of halogens is 1. The Labute approximate surface area is 135 Å². The van der Waals surface area contributed by atoms with E-state index >= 15 is 0 Å². The minimum atomic E-state index is 0.108. The zero-order valence-corrected chi connectivity index (χ0v) is 14.0. The van der Waals surface area contributed by atoms with Crippen molar-refractivity contribution in [3.05, 3.63) is 21.9 Å². The molecule has 0 saturated heterocycles. The fourth-order valence-electron chi connectivity index (χ4n) is 2.59. The van der Waals surface area contributed by atoms with Crippen LogP contribution in [0, 0.1) is 3.57 Å². The summed E-state index contributed by atoms with van der Waals surface area (Å²) in [5, 5.41) is 11.3. The molecule has 0 amide bonds. The largest absolute Gasteiger partial charge is 0.395 e. The number of benzene rings is 1. The highest BCUT2D eigenvalue weighted by Crippen LogP contribution is 2.34. The number of aliphatic hydroxyl groups is 1. The summed E-state index contributed by atoms with van der Waals surface area (Å²) in [5.74, 6) is 1.08. The topological polar surface area (TPSA) is 80.2 Å². The smallest absolute Gasteiger partial charge is 0.222 e. The SMILES string of the molecule is CN(C)c1nc(N)nc2cc(I)c3c(ccn3CCO)c12. The predicted molar refractivity (Wildman–Crippen MR) is 93.6 cm³/mol. The standard InChI is InChI=1S/C14H16IN5O/c1-19(2)13-11-8-3-4-20(5-6-21)12(8)9(15)7-10(11)17-14(16)18-13/h3-4,7,21H,5-6H2,1-2H3,(H2,16,17,18). The highest BCUT2D eigenvalue weighted by atomic mass is 127. The fourth-order valence-corrected chi connectivity index (χ4v) is 3.49. The van der Waals surface area contributed by atoms with E-state index in [0.717, 1.165) is 31.2 Å². The first kappa shape index (κ1) is 14.3. The molecule has 3 rings (SSSR count). The minimum absolute atomic E-state index is 0.108. The third-order valence-corrected chi connectivity index (χ3v) is 4.24. The second kappa shape index (κ2) is 5.30. The average Bonchev–Trinajstić information content (AvgIpc) is 2.82. The first-order valence-corrected chi connectivity index (χ1v) is 7.63.